The third kappa shape index (κ3) is 2.33. The first kappa shape index (κ1) is 16.1. The lowest BCUT2D eigenvalue weighted by Crippen LogP contribution is -2.51. The number of ketones is 1. The van der Waals surface area contributed by atoms with E-state index < -0.39 is 6.10 Å². The van der Waals surface area contributed by atoms with Gasteiger partial charge in [-0.15, -0.1) is 0 Å². The summed E-state index contributed by atoms with van der Waals surface area (Å²) in [6.45, 7) is 3.97. The van der Waals surface area contributed by atoms with Crippen LogP contribution in [0.3, 0.4) is 0 Å². The van der Waals surface area contributed by atoms with Crippen LogP contribution in [0.4, 0.5) is 0 Å². The summed E-state index contributed by atoms with van der Waals surface area (Å²) in [5, 5.41) is 20.8. The molecule has 9 atom stereocenters. The first-order chi connectivity index (χ1) is 10.9. The molecule has 0 radical (unpaired) electrons. The van der Waals surface area contributed by atoms with Crippen molar-refractivity contribution in [1.82, 2.24) is 0 Å². The van der Waals surface area contributed by atoms with Crippen molar-refractivity contribution in [2.75, 3.05) is 0 Å². The highest BCUT2D eigenvalue weighted by Gasteiger charge is 2.57. The van der Waals surface area contributed by atoms with Crippen LogP contribution in [0.2, 0.25) is 0 Å². The van der Waals surface area contributed by atoms with E-state index in [-0.39, 0.29) is 23.2 Å². The molecule has 4 saturated carbocycles. The third-order valence-corrected chi connectivity index (χ3v) is 8.53. The van der Waals surface area contributed by atoms with E-state index in [1.807, 2.05) is 0 Å². The van der Waals surface area contributed by atoms with E-state index in [9.17, 15) is 15.0 Å². The Bertz CT molecular complexity index is 489. The van der Waals surface area contributed by atoms with E-state index >= 15 is 0 Å². The molecular weight excluding hydrogens is 288 g/mol. The zero-order valence-corrected chi connectivity index (χ0v) is 14.6. The van der Waals surface area contributed by atoms with Crippen LogP contribution in [-0.2, 0) is 4.79 Å². The molecule has 0 aromatic heterocycles. The normalized spacial score (nSPS) is 55.7. The minimum Gasteiger partial charge on any atom is -0.393 e. The average Bonchev–Trinajstić information content (AvgIpc) is 2.81. The van der Waals surface area contributed by atoms with Crippen LogP contribution in [0.15, 0.2) is 0 Å². The Balaban J connectivity index is 1.57. The van der Waals surface area contributed by atoms with Gasteiger partial charge in [-0.05, 0) is 93.3 Å². The van der Waals surface area contributed by atoms with Gasteiger partial charge in [0.15, 0.2) is 0 Å². The van der Waals surface area contributed by atoms with Crippen molar-refractivity contribution in [3.05, 3.63) is 0 Å². The highest BCUT2D eigenvalue weighted by Crippen LogP contribution is 2.62. The molecular formula is C20H32O3. The Morgan fingerprint density at radius 2 is 1.74 bits per heavy atom. The van der Waals surface area contributed by atoms with E-state index in [1.54, 1.807) is 6.92 Å². The number of aliphatic hydroxyl groups is 2. The second-order valence-corrected chi connectivity index (χ2v) is 9.33. The summed E-state index contributed by atoms with van der Waals surface area (Å²) in [5.41, 5.74) is 0.141. The Morgan fingerprint density at radius 1 is 0.957 bits per heavy atom. The topological polar surface area (TPSA) is 57.5 Å². The SMILES string of the molecule is CC(=O)C1CC2C(CCC3C2CC[C@@]2(C)C3CC[C@@H]2O)CC1O. The van der Waals surface area contributed by atoms with Crippen LogP contribution >= 0.6 is 0 Å². The minimum atomic E-state index is -0.410. The largest absolute Gasteiger partial charge is 0.393 e. The molecule has 3 heteroatoms. The number of rotatable bonds is 1. The maximum Gasteiger partial charge on any atom is 0.135 e. The zero-order chi connectivity index (χ0) is 16.4. The van der Waals surface area contributed by atoms with Gasteiger partial charge in [0.25, 0.3) is 0 Å². The third-order valence-electron chi connectivity index (χ3n) is 8.53. The van der Waals surface area contributed by atoms with Crippen molar-refractivity contribution in [1.29, 1.82) is 0 Å². The van der Waals surface area contributed by atoms with Gasteiger partial charge < -0.3 is 10.2 Å². The molecule has 0 amide bonds. The Labute approximate surface area is 139 Å². The van der Waals surface area contributed by atoms with Gasteiger partial charge in [0, 0.05) is 5.92 Å². The van der Waals surface area contributed by atoms with Gasteiger partial charge in [-0.3, -0.25) is 4.79 Å². The minimum absolute atomic E-state index is 0.107. The fourth-order valence-electron chi connectivity index (χ4n) is 7.23. The number of carbonyl (C=O) groups is 1. The molecule has 2 N–H and O–H groups in total. The number of carbonyl (C=O) groups excluding carboxylic acids is 1. The second kappa shape index (κ2) is 5.56. The van der Waals surface area contributed by atoms with Crippen molar-refractivity contribution >= 4 is 5.78 Å². The highest BCUT2D eigenvalue weighted by atomic mass is 16.3. The zero-order valence-electron chi connectivity index (χ0n) is 14.6. The lowest BCUT2D eigenvalue weighted by molar-refractivity contribution is -0.135. The molecule has 0 bridgehead atoms. The lowest BCUT2D eigenvalue weighted by atomic mass is 9.49. The van der Waals surface area contributed by atoms with Gasteiger partial charge in [0.1, 0.15) is 5.78 Å². The van der Waals surface area contributed by atoms with E-state index in [1.165, 1.54) is 25.7 Å². The van der Waals surface area contributed by atoms with Crippen LogP contribution in [0.5, 0.6) is 0 Å². The maximum absolute atomic E-state index is 11.9. The number of aliphatic hydroxyl groups excluding tert-OH is 2. The summed E-state index contributed by atoms with van der Waals surface area (Å²) in [5.74, 6) is 3.46. The summed E-state index contributed by atoms with van der Waals surface area (Å²) >= 11 is 0. The molecule has 0 aromatic carbocycles. The van der Waals surface area contributed by atoms with Gasteiger partial charge >= 0.3 is 0 Å². The predicted molar refractivity (Wildman–Crippen MR) is 88.7 cm³/mol. The van der Waals surface area contributed by atoms with Gasteiger partial charge in [-0.25, -0.2) is 0 Å². The first-order valence-corrected chi connectivity index (χ1v) is 9.78. The smallest absolute Gasteiger partial charge is 0.135 e. The maximum atomic E-state index is 11.9. The van der Waals surface area contributed by atoms with Crippen LogP contribution in [-0.4, -0.2) is 28.2 Å². The average molecular weight is 320 g/mol. The number of hydrogen-bond acceptors (Lipinski definition) is 3. The Hall–Kier alpha value is -0.410. The second-order valence-electron chi connectivity index (χ2n) is 9.33. The number of fused-ring (bicyclic) bond motifs is 5. The fraction of sp³-hybridized carbons (Fsp3) is 0.950. The van der Waals surface area contributed by atoms with Crippen molar-refractivity contribution < 1.29 is 15.0 Å². The van der Waals surface area contributed by atoms with E-state index in [2.05, 4.69) is 6.92 Å². The molecule has 0 heterocycles. The summed E-state index contributed by atoms with van der Waals surface area (Å²) in [6, 6.07) is 0. The monoisotopic (exact) mass is 320 g/mol. The molecule has 4 rings (SSSR count). The van der Waals surface area contributed by atoms with Crippen LogP contribution in [0, 0.1) is 40.9 Å². The van der Waals surface area contributed by atoms with Crippen molar-refractivity contribution in [3.8, 4) is 0 Å². The summed E-state index contributed by atoms with van der Waals surface area (Å²) in [6.07, 6.45) is 8.26. The van der Waals surface area contributed by atoms with E-state index in [0.29, 0.717) is 17.8 Å². The molecule has 4 fully saturated rings. The number of Topliss-reactive ketones (excluding diaryl/α,β-unsaturated/α-hetero) is 1. The standard InChI is InChI=1S/C20H32O3/c1-11(21)15-10-16-12(9-18(15)22)3-4-14-13(16)7-8-20(2)17(14)5-6-19(20)23/h12-19,22-23H,3-10H2,1-2H3/t12?,13?,14?,15?,16?,17?,18?,19-,20-/m0/s1. The van der Waals surface area contributed by atoms with E-state index in [0.717, 1.165) is 37.5 Å². The molecule has 0 aromatic rings. The van der Waals surface area contributed by atoms with Gasteiger partial charge in [-0.2, -0.15) is 0 Å². The van der Waals surface area contributed by atoms with Crippen LogP contribution in [0.1, 0.15) is 65.2 Å². The quantitative estimate of drug-likeness (QED) is 0.780. The molecule has 0 spiro atoms. The predicted octanol–water partition coefficient (Wildman–Crippen LogP) is 3.18. The summed E-state index contributed by atoms with van der Waals surface area (Å²) < 4.78 is 0. The molecule has 3 nitrogen and oxygen atoms in total. The van der Waals surface area contributed by atoms with E-state index in [4.69, 9.17) is 0 Å². The summed E-state index contributed by atoms with van der Waals surface area (Å²) in [4.78, 5) is 11.9. The molecule has 4 aliphatic carbocycles. The molecule has 0 saturated heterocycles. The van der Waals surface area contributed by atoms with Gasteiger partial charge in [-0.1, -0.05) is 6.92 Å². The number of hydrogen-bond donors (Lipinski definition) is 2. The Kier molecular flexibility index (Phi) is 3.88. The van der Waals surface area contributed by atoms with Crippen LogP contribution < -0.4 is 0 Å². The molecule has 4 aliphatic rings. The van der Waals surface area contributed by atoms with Crippen molar-refractivity contribution in [2.45, 2.75) is 77.4 Å². The highest BCUT2D eigenvalue weighted by molar-refractivity contribution is 5.79. The molecule has 7 unspecified atom stereocenters. The van der Waals surface area contributed by atoms with Crippen molar-refractivity contribution in [2.24, 2.45) is 40.9 Å². The Morgan fingerprint density at radius 3 is 2.48 bits per heavy atom. The fourth-order valence-corrected chi connectivity index (χ4v) is 7.23. The molecule has 23 heavy (non-hydrogen) atoms. The van der Waals surface area contributed by atoms with Gasteiger partial charge in [0.05, 0.1) is 12.2 Å². The summed E-state index contributed by atoms with van der Waals surface area (Å²) in [7, 11) is 0. The van der Waals surface area contributed by atoms with Crippen molar-refractivity contribution in [3.63, 3.8) is 0 Å². The molecule has 130 valence electrons. The first-order valence-electron chi connectivity index (χ1n) is 9.78. The molecule has 0 aliphatic heterocycles. The van der Waals surface area contributed by atoms with Gasteiger partial charge in [0.2, 0.25) is 0 Å². The van der Waals surface area contributed by atoms with Crippen LogP contribution in [0.25, 0.3) is 0 Å². The lowest BCUT2D eigenvalue weighted by Gasteiger charge is -2.56.